The van der Waals surface area contributed by atoms with Crippen molar-refractivity contribution in [2.75, 3.05) is 20.3 Å². The van der Waals surface area contributed by atoms with Gasteiger partial charge in [-0.2, -0.15) is 0 Å². The third-order valence-corrected chi connectivity index (χ3v) is 0.681. The van der Waals surface area contributed by atoms with E-state index in [2.05, 4.69) is 0 Å². The Hall–Kier alpha value is -0.160. The molecule has 58 valence electrons. The van der Waals surface area contributed by atoms with Crippen molar-refractivity contribution in [1.29, 1.82) is 0 Å². The lowest BCUT2D eigenvalue weighted by atomic mass is 10.1. The van der Waals surface area contributed by atoms with Crippen LogP contribution >= 0.6 is 0 Å². The zero-order valence-electron chi connectivity index (χ0n) is 5.70. The highest BCUT2D eigenvalue weighted by Gasteiger charge is 2.15. The monoisotopic (exact) mass is 138 g/mol. The van der Waals surface area contributed by atoms with Gasteiger partial charge in [-0.3, -0.25) is 0 Å². The van der Waals surface area contributed by atoms with Gasteiger partial charge in [0, 0.05) is 7.11 Å². The van der Waals surface area contributed by atoms with Gasteiger partial charge in [0.05, 0.1) is 13.2 Å². The molecular weight excluding hydrogens is 124 g/mol. The lowest BCUT2D eigenvalue weighted by Crippen LogP contribution is -2.33. The van der Waals surface area contributed by atoms with Gasteiger partial charge in [0.25, 0.3) is 0 Å². The third-order valence-electron chi connectivity index (χ3n) is 0.681. The fraction of sp³-hybridized carbons (Fsp3) is 1.00. The highest BCUT2D eigenvalue weighted by atomic mass is 16.4. The van der Waals surface area contributed by atoms with E-state index in [4.69, 9.17) is 20.4 Å². The minimum Gasteiger partial charge on any atom is -0.400 e. The zero-order valence-corrected chi connectivity index (χ0v) is 5.70. The Morgan fingerprint density at radius 2 is 1.33 bits per heavy atom. The minimum absolute atomic E-state index is 0.399. The van der Waals surface area contributed by atoms with Crippen molar-refractivity contribution in [2.24, 2.45) is 0 Å². The van der Waals surface area contributed by atoms with Crippen molar-refractivity contribution >= 4 is 0 Å². The predicted molar refractivity (Wildman–Crippen MR) is 32.9 cm³/mol. The van der Waals surface area contributed by atoms with Gasteiger partial charge in [-0.25, -0.2) is 0 Å². The second-order valence-electron chi connectivity index (χ2n) is 1.81. The Kier molecular flexibility index (Phi) is 7.70. The van der Waals surface area contributed by atoms with Crippen LogP contribution in [0, 0.1) is 0 Å². The maximum atomic E-state index is 8.63. The Morgan fingerprint density at radius 1 is 1.11 bits per heavy atom. The number of aliphatic hydroxyl groups excluding tert-OH is 3. The number of rotatable bonds is 2. The Balaban J connectivity index is 0. The van der Waals surface area contributed by atoms with E-state index in [0.717, 1.165) is 7.11 Å². The zero-order chi connectivity index (χ0) is 7.91. The molecule has 0 unspecified atom stereocenters. The van der Waals surface area contributed by atoms with Crippen LogP contribution in [0.2, 0.25) is 0 Å². The molecule has 0 aromatic heterocycles. The van der Waals surface area contributed by atoms with Crippen LogP contribution < -0.4 is 0 Å². The average molecular weight is 138 g/mol. The van der Waals surface area contributed by atoms with E-state index < -0.39 is 18.8 Å². The minimum atomic E-state index is -1.31. The van der Waals surface area contributed by atoms with Crippen LogP contribution in [0.3, 0.4) is 0 Å². The third kappa shape index (κ3) is 7.84. The lowest BCUT2D eigenvalue weighted by Gasteiger charge is -2.14. The molecule has 0 radical (unpaired) electrons. The summed E-state index contributed by atoms with van der Waals surface area (Å²) in [7, 11) is 1.00. The summed E-state index contributed by atoms with van der Waals surface area (Å²) in [6.07, 6.45) is 0. The highest BCUT2D eigenvalue weighted by Crippen LogP contribution is 1.96. The highest BCUT2D eigenvalue weighted by molar-refractivity contribution is 4.67. The topological polar surface area (TPSA) is 80.9 Å². The number of aliphatic hydroxyl groups is 4. The summed E-state index contributed by atoms with van der Waals surface area (Å²) in [5.74, 6) is 0. The molecule has 0 aliphatic rings. The SMILES string of the molecule is CC(O)(CO)CO.CO. The van der Waals surface area contributed by atoms with E-state index in [0.29, 0.717) is 0 Å². The normalized spacial score (nSPS) is 10.0. The molecule has 0 amide bonds. The molecule has 0 aromatic carbocycles. The molecule has 0 saturated heterocycles. The molecular formula is C5H14O4. The van der Waals surface area contributed by atoms with Gasteiger partial charge in [0.2, 0.25) is 0 Å². The maximum Gasteiger partial charge on any atom is 0.108 e. The first-order valence-corrected chi connectivity index (χ1v) is 2.51. The molecule has 0 heterocycles. The average Bonchev–Trinajstić information content (AvgIpc) is 1.93. The summed E-state index contributed by atoms with van der Waals surface area (Å²) < 4.78 is 0. The smallest absolute Gasteiger partial charge is 0.108 e. The van der Waals surface area contributed by atoms with E-state index in [1.807, 2.05) is 0 Å². The van der Waals surface area contributed by atoms with Gasteiger partial charge in [0.15, 0.2) is 0 Å². The van der Waals surface area contributed by atoms with Crippen molar-refractivity contribution in [3.05, 3.63) is 0 Å². The first-order chi connectivity index (χ1) is 4.12. The second kappa shape index (κ2) is 5.97. The first-order valence-electron chi connectivity index (χ1n) is 2.51. The molecule has 4 N–H and O–H groups in total. The van der Waals surface area contributed by atoms with Gasteiger partial charge in [0.1, 0.15) is 5.60 Å². The van der Waals surface area contributed by atoms with E-state index in [1.54, 1.807) is 0 Å². The van der Waals surface area contributed by atoms with Gasteiger partial charge >= 0.3 is 0 Å². The van der Waals surface area contributed by atoms with Crippen molar-refractivity contribution in [3.63, 3.8) is 0 Å². The first kappa shape index (κ1) is 11.6. The molecule has 4 nitrogen and oxygen atoms in total. The van der Waals surface area contributed by atoms with Gasteiger partial charge in [-0.1, -0.05) is 0 Å². The van der Waals surface area contributed by atoms with Crippen LogP contribution in [0.4, 0.5) is 0 Å². The molecule has 9 heavy (non-hydrogen) atoms. The second-order valence-corrected chi connectivity index (χ2v) is 1.81. The van der Waals surface area contributed by atoms with E-state index in [-0.39, 0.29) is 0 Å². The van der Waals surface area contributed by atoms with Gasteiger partial charge in [-0.05, 0) is 6.92 Å². The summed E-state index contributed by atoms with van der Waals surface area (Å²) in [4.78, 5) is 0. The molecule has 0 bridgehead atoms. The quantitative estimate of drug-likeness (QED) is 0.368. The van der Waals surface area contributed by atoms with Crippen molar-refractivity contribution in [1.82, 2.24) is 0 Å². The van der Waals surface area contributed by atoms with Crippen LogP contribution in [0.25, 0.3) is 0 Å². The molecule has 0 aliphatic heterocycles. The Bertz CT molecular complexity index is 46.9. The molecule has 0 aromatic rings. The molecule has 4 heteroatoms. The van der Waals surface area contributed by atoms with Gasteiger partial charge < -0.3 is 20.4 Å². The van der Waals surface area contributed by atoms with Crippen molar-refractivity contribution in [3.8, 4) is 0 Å². The van der Waals surface area contributed by atoms with Crippen molar-refractivity contribution < 1.29 is 20.4 Å². The van der Waals surface area contributed by atoms with Crippen LogP contribution in [0.5, 0.6) is 0 Å². The molecule has 0 spiro atoms. The Morgan fingerprint density at radius 3 is 1.33 bits per heavy atom. The van der Waals surface area contributed by atoms with E-state index in [1.165, 1.54) is 6.92 Å². The molecule has 0 atom stereocenters. The number of hydrogen-bond donors (Lipinski definition) is 4. The summed E-state index contributed by atoms with van der Waals surface area (Å²) in [6.45, 7) is 0.556. The lowest BCUT2D eigenvalue weighted by molar-refractivity contribution is -0.0399. The predicted octanol–water partition coefficient (Wildman–Crippen LogP) is -1.67. The van der Waals surface area contributed by atoms with E-state index >= 15 is 0 Å². The fourth-order valence-corrected chi connectivity index (χ4v) is 0.0500. The fourth-order valence-electron chi connectivity index (χ4n) is 0.0500. The summed E-state index contributed by atoms with van der Waals surface area (Å²) in [5, 5.41) is 32.0. The summed E-state index contributed by atoms with van der Waals surface area (Å²) in [5.41, 5.74) is -1.31. The van der Waals surface area contributed by atoms with Crippen LogP contribution in [-0.4, -0.2) is 46.4 Å². The Labute approximate surface area is 54.4 Å². The van der Waals surface area contributed by atoms with Crippen LogP contribution in [0.1, 0.15) is 6.92 Å². The maximum absolute atomic E-state index is 8.63. The molecule has 0 rings (SSSR count). The standard InChI is InChI=1S/C4H10O3.CH4O/c1-4(7,2-5)3-6;1-2/h5-7H,2-3H2,1H3;2H,1H3. The van der Waals surface area contributed by atoms with Crippen LogP contribution in [-0.2, 0) is 0 Å². The summed E-state index contributed by atoms with van der Waals surface area (Å²) >= 11 is 0. The van der Waals surface area contributed by atoms with Crippen LogP contribution in [0.15, 0.2) is 0 Å². The van der Waals surface area contributed by atoms with Gasteiger partial charge in [-0.15, -0.1) is 0 Å². The molecule has 0 saturated carbocycles. The largest absolute Gasteiger partial charge is 0.400 e. The van der Waals surface area contributed by atoms with Crippen molar-refractivity contribution in [2.45, 2.75) is 12.5 Å². The molecule has 0 aliphatic carbocycles. The number of hydrogen-bond acceptors (Lipinski definition) is 4. The summed E-state index contributed by atoms with van der Waals surface area (Å²) in [6, 6.07) is 0. The van der Waals surface area contributed by atoms with E-state index in [9.17, 15) is 0 Å². The molecule has 0 fully saturated rings.